The van der Waals surface area contributed by atoms with Crippen molar-refractivity contribution in [3.05, 3.63) is 47.2 Å². The lowest BCUT2D eigenvalue weighted by Gasteiger charge is -2.22. The van der Waals surface area contributed by atoms with Gasteiger partial charge in [-0.15, -0.1) is 0 Å². The Bertz CT molecular complexity index is 751. The summed E-state index contributed by atoms with van der Waals surface area (Å²) in [6, 6.07) is 7.03. The largest absolute Gasteiger partial charge is 0.444 e. The first-order valence-corrected chi connectivity index (χ1v) is 8.61. The van der Waals surface area contributed by atoms with Gasteiger partial charge in [0.1, 0.15) is 5.76 Å². The average Bonchev–Trinajstić information content (AvgIpc) is 2.75. The van der Waals surface area contributed by atoms with E-state index in [9.17, 15) is 8.42 Å². The lowest BCUT2D eigenvalue weighted by Crippen LogP contribution is -2.27. The second-order valence-corrected chi connectivity index (χ2v) is 8.06. The third kappa shape index (κ3) is 3.56. The molecule has 22 heavy (non-hydrogen) atoms. The van der Waals surface area contributed by atoms with Crippen LogP contribution in [0.5, 0.6) is 0 Å². The van der Waals surface area contributed by atoms with Gasteiger partial charge in [-0.05, 0) is 30.9 Å². The number of benzene rings is 1. The van der Waals surface area contributed by atoms with Gasteiger partial charge < -0.3 is 4.42 Å². The molecule has 0 aliphatic carbocycles. The van der Waals surface area contributed by atoms with E-state index in [-0.39, 0.29) is 12.0 Å². The van der Waals surface area contributed by atoms with E-state index in [0.29, 0.717) is 16.5 Å². The molecule has 2 rings (SSSR count). The zero-order valence-electron chi connectivity index (χ0n) is 13.6. The molecule has 6 heteroatoms. The van der Waals surface area contributed by atoms with E-state index in [4.69, 9.17) is 4.42 Å². The Morgan fingerprint density at radius 1 is 1.18 bits per heavy atom. The lowest BCUT2D eigenvalue weighted by molar-refractivity contribution is 0.462. The van der Waals surface area contributed by atoms with E-state index in [2.05, 4.69) is 9.71 Å². The monoisotopic (exact) mass is 322 g/mol. The minimum atomic E-state index is -3.63. The molecule has 0 amide bonds. The van der Waals surface area contributed by atoms with Crippen LogP contribution in [0, 0.1) is 13.8 Å². The lowest BCUT2D eigenvalue weighted by atomic mass is 9.87. The highest BCUT2D eigenvalue weighted by Gasteiger charge is 2.25. The molecule has 0 fully saturated rings. The number of hydrogen-bond donors (Lipinski definition) is 1. The molecular weight excluding hydrogens is 300 g/mol. The van der Waals surface area contributed by atoms with Gasteiger partial charge in [0.2, 0.25) is 15.9 Å². The maximum atomic E-state index is 12.6. The van der Waals surface area contributed by atoms with Crippen molar-refractivity contribution in [2.75, 3.05) is 0 Å². The highest BCUT2D eigenvalue weighted by Crippen LogP contribution is 2.28. The summed E-state index contributed by atoms with van der Waals surface area (Å²) in [6.07, 6.45) is 0. The molecule has 120 valence electrons. The predicted molar refractivity (Wildman–Crippen MR) is 85.1 cm³/mol. The number of aromatic nitrogens is 1. The molecule has 1 heterocycles. The highest BCUT2D eigenvalue weighted by atomic mass is 32.2. The number of nitrogens with one attached hydrogen (secondary N) is 1. The predicted octanol–water partition coefficient (Wildman–Crippen LogP) is 3.07. The number of oxazole rings is 1. The van der Waals surface area contributed by atoms with Gasteiger partial charge >= 0.3 is 0 Å². The van der Waals surface area contributed by atoms with Crippen LogP contribution in [-0.4, -0.2) is 13.4 Å². The Labute approximate surface area is 131 Å². The van der Waals surface area contributed by atoms with Gasteiger partial charge in [0.05, 0.1) is 17.1 Å². The number of sulfonamides is 1. The van der Waals surface area contributed by atoms with Crippen molar-refractivity contribution < 1.29 is 12.8 Å². The van der Waals surface area contributed by atoms with Crippen LogP contribution in [0.2, 0.25) is 0 Å². The molecule has 2 aromatic rings. The molecule has 0 spiro atoms. The van der Waals surface area contributed by atoms with Gasteiger partial charge in [-0.25, -0.2) is 18.1 Å². The first-order valence-electron chi connectivity index (χ1n) is 7.13. The summed E-state index contributed by atoms with van der Waals surface area (Å²) in [6.45, 7) is 9.63. The Kier molecular flexibility index (Phi) is 4.44. The first-order chi connectivity index (χ1) is 10.1. The molecule has 0 saturated heterocycles. The zero-order valence-corrected chi connectivity index (χ0v) is 14.4. The smallest absolute Gasteiger partial charge is 0.241 e. The molecule has 0 unspecified atom stereocenters. The van der Waals surface area contributed by atoms with Gasteiger partial charge in [0.15, 0.2) is 0 Å². The summed E-state index contributed by atoms with van der Waals surface area (Å²) in [5, 5.41) is 0. The molecular formula is C16H22N2O3S. The third-order valence-electron chi connectivity index (χ3n) is 3.47. The second-order valence-electron chi connectivity index (χ2n) is 6.32. The second kappa shape index (κ2) is 5.85. The van der Waals surface area contributed by atoms with Crippen LogP contribution in [0.4, 0.5) is 0 Å². The van der Waals surface area contributed by atoms with Crippen molar-refractivity contribution in [1.29, 1.82) is 0 Å². The van der Waals surface area contributed by atoms with Crippen LogP contribution in [0.15, 0.2) is 33.6 Å². The van der Waals surface area contributed by atoms with E-state index in [1.807, 2.05) is 39.8 Å². The molecule has 0 bridgehead atoms. The van der Waals surface area contributed by atoms with Crippen molar-refractivity contribution in [2.45, 2.75) is 51.5 Å². The number of rotatable bonds is 4. The van der Waals surface area contributed by atoms with E-state index >= 15 is 0 Å². The fourth-order valence-corrected chi connectivity index (χ4v) is 3.56. The Hall–Kier alpha value is -1.66. The summed E-state index contributed by atoms with van der Waals surface area (Å²) in [4.78, 5) is 4.48. The standard InChI is InChI=1S/C16H22N2O3S/c1-11-12(2)21-15(18-11)10-17-22(19,20)14-9-7-6-8-13(14)16(3,4)5/h6-9,17H,10H2,1-5H3. The normalized spacial score (nSPS) is 12.6. The van der Waals surface area contributed by atoms with Gasteiger partial charge in [0.25, 0.3) is 0 Å². The zero-order chi connectivity index (χ0) is 16.5. The molecule has 5 nitrogen and oxygen atoms in total. The van der Waals surface area contributed by atoms with Gasteiger partial charge in [0, 0.05) is 0 Å². The Balaban J connectivity index is 2.28. The molecule has 0 aliphatic rings. The molecule has 0 saturated carbocycles. The van der Waals surface area contributed by atoms with Crippen LogP contribution >= 0.6 is 0 Å². The fourth-order valence-electron chi connectivity index (χ4n) is 2.17. The SMILES string of the molecule is Cc1nc(CNS(=O)(=O)c2ccccc2C(C)(C)C)oc1C. The van der Waals surface area contributed by atoms with Gasteiger partial charge in [-0.3, -0.25) is 0 Å². The first kappa shape index (κ1) is 16.7. The number of hydrogen-bond acceptors (Lipinski definition) is 4. The van der Waals surface area contributed by atoms with Crippen LogP contribution in [0.3, 0.4) is 0 Å². The van der Waals surface area contributed by atoms with E-state index < -0.39 is 10.0 Å². The molecule has 1 N–H and O–H groups in total. The van der Waals surface area contributed by atoms with E-state index in [0.717, 1.165) is 11.3 Å². The molecule has 1 aromatic carbocycles. The molecule has 0 radical (unpaired) electrons. The van der Waals surface area contributed by atoms with Crippen molar-refractivity contribution in [1.82, 2.24) is 9.71 Å². The molecule has 0 aliphatic heterocycles. The van der Waals surface area contributed by atoms with E-state index in [1.54, 1.807) is 19.1 Å². The molecule has 0 atom stereocenters. The van der Waals surface area contributed by atoms with Crippen LogP contribution in [0.25, 0.3) is 0 Å². The third-order valence-corrected chi connectivity index (χ3v) is 4.93. The average molecular weight is 322 g/mol. The Morgan fingerprint density at radius 2 is 1.82 bits per heavy atom. The maximum Gasteiger partial charge on any atom is 0.241 e. The molecule has 1 aromatic heterocycles. The summed E-state index contributed by atoms with van der Waals surface area (Å²) < 4.78 is 33.1. The fraction of sp³-hybridized carbons (Fsp3) is 0.438. The Morgan fingerprint density at radius 3 is 2.36 bits per heavy atom. The minimum Gasteiger partial charge on any atom is -0.444 e. The van der Waals surface area contributed by atoms with Crippen molar-refractivity contribution >= 4 is 10.0 Å². The van der Waals surface area contributed by atoms with Crippen molar-refractivity contribution in [3.63, 3.8) is 0 Å². The summed E-state index contributed by atoms with van der Waals surface area (Å²) in [7, 11) is -3.63. The quantitative estimate of drug-likeness (QED) is 0.939. The van der Waals surface area contributed by atoms with Crippen LogP contribution in [0.1, 0.15) is 43.7 Å². The minimum absolute atomic E-state index is 0.0372. The van der Waals surface area contributed by atoms with Crippen molar-refractivity contribution in [2.24, 2.45) is 0 Å². The summed E-state index contributed by atoms with van der Waals surface area (Å²) in [5.41, 5.74) is 1.29. The van der Waals surface area contributed by atoms with Crippen LogP contribution < -0.4 is 4.72 Å². The topological polar surface area (TPSA) is 72.2 Å². The summed E-state index contributed by atoms with van der Waals surface area (Å²) >= 11 is 0. The van der Waals surface area contributed by atoms with Crippen molar-refractivity contribution in [3.8, 4) is 0 Å². The maximum absolute atomic E-state index is 12.6. The van der Waals surface area contributed by atoms with E-state index in [1.165, 1.54) is 0 Å². The van der Waals surface area contributed by atoms with Gasteiger partial charge in [-0.1, -0.05) is 39.0 Å². The van der Waals surface area contributed by atoms with Crippen LogP contribution in [-0.2, 0) is 22.0 Å². The number of nitrogens with zero attached hydrogens (tertiary/aromatic N) is 1. The summed E-state index contributed by atoms with van der Waals surface area (Å²) in [5.74, 6) is 1.07. The number of aryl methyl sites for hydroxylation is 2. The highest BCUT2D eigenvalue weighted by molar-refractivity contribution is 7.89. The van der Waals surface area contributed by atoms with Gasteiger partial charge in [-0.2, -0.15) is 0 Å².